The first-order valence-electron chi connectivity index (χ1n) is 9.96. The van der Waals surface area contributed by atoms with Gasteiger partial charge in [-0.1, -0.05) is 25.6 Å². The zero-order chi connectivity index (χ0) is 24.1. The van der Waals surface area contributed by atoms with Gasteiger partial charge in [-0.2, -0.15) is 0 Å². The van der Waals surface area contributed by atoms with Gasteiger partial charge in [-0.25, -0.2) is 9.59 Å². The quantitative estimate of drug-likeness (QED) is 0.374. The molecule has 2 aromatic heterocycles. The number of aromatic nitrogens is 3. The molecule has 0 atom stereocenters. The highest BCUT2D eigenvalue weighted by Crippen LogP contribution is 2.30. The molecule has 2 heterocycles. The molecule has 0 bridgehead atoms. The van der Waals surface area contributed by atoms with Crippen molar-refractivity contribution in [2.24, 2.45) is 7.05 Å². The summed E-state index contributed by atoms with van der Waals surface area (Å²) in [6.07, 6.45) is 0. The van der Waals surface area contributed by atoms with Gasteiger partial charge in [0, 0.05) is 28.6 Å². The van der Waals surface area contributed by atoms with E-state index in [4.69, 9.17) is 9.47 Å². The van der Waals surface area contributed by atoms with Gasteiger partial charge in [-0.3, -0.25) is 4.79 Å². The van der Waals surface area contributed by atoms with Crippen LogP contribution >= 0.6 is 23.1 Å². The van der Waals surface area contributed by atoms with Gasteiger partial charge < -0.3 is 19.4 Å². The number of benzene rings is 1. The van der Waals surface area contributed by atoms with E-state index in [0.717, 1.165) is 11.4 Å². The van der Waals surface area contributed by atoms with E-state index in [-0.39, 0.29) is 28.5 Å². The minimum absolute atomic E-state index is 0.0584. The summed E-state index contributed by atoms with van der Waals surface area (Å²) in [7, 11) is 4.32. The molecule has 1 amide bonds. The van der Waals surface area contributed by atoms with Crippen molar-refractivity contribution in [3.8, 4) is 11.4 Å². The SMILES string of the molecule is COC(=O)c1cc(NC(=O)CSc2nnc(-c3csc(C(C)C)c3)n2C)cc(C(=O)OC)c1. The Labute approximate surface area is 199 Å². The van der Waals surface area contributed by atoms with Gasteiger partial charge in [-0.05, 0) is 30.2 Å². The molecular weight excluding hydrogens is 464 g/mol. The Morgan fingerprint density at radius 1 is 1.06 bits per heavy atom. The molecule has 1 aromatic carbocycles. The van der Waals surface area contributed by atoms with Crippen molar-refractivity contribution in [1.82, 2.24) is 14.8 Å². The molecule has 11 heteroatoms. The normalized spacial score (nSPS) is 10.8. The highest BCUT2D eigenvalue weighted by Gasteiger charge is 2.17. The molecule has 0 unspecified atom stereocenters. The van der Waals surface area contributed by atoms with Crippen molar-refractivity contribution in [1.29, 1.82) is 0 Å². The topological polar surface area (TPSA) is 112 Å². The number of hydrogen-bond donors (Lipinski definition) is 1. The highest BCUT2D eigenvalue weighted by atomic mass is 32.2. The maximum atomic E-state index is 12.5. The summed E-state index contributed by atoms with van der Waals surface area (Å²) in [5.41, 5.74) is 1.52. The van der Waals surface area contributed by atoms with Gasteiger partial charge in [0.25, 0.3) is 0 Å². The van der Waals surface area contributed by atoms with Crippen molar-refractivity contribution >= 4 is 46.6 Å². The van der Waals surface area contributed by atoms with Crippen LogP contribution in [0.5, 0.6) is 0 Å². The Balaban J connectivity index is 1.70. The minimum Gasteiger partial charge on any atom is -0.465 e. The van der Waals surface area contributed by atoms with Crippen molar-refractivity contribution in [3.05, 3.63) is 45.6 Å². The van der Waals surface area contributed by atoms with Crippen LogP contribution in [0.15, 0.2) is 34.8 Å². The van der Waals surface area contributed by atoms with Crippen LogP contribution in [-0.2, 0) is 21.3 Å². The Bertz CT molecular complexity index is 1150. The largest absolute Gasteiger partial charge is 0.465 e. The van der Waals surface area contributed by atoms with Crippen molar-refractivity contribution in [2.75, 3.05) is 25.3 Å². The summed E-state index contributed by atoms with van der Waals surface area (Å²) in [6, 6.07) is 6.32. The standard InChI is InChI=1S/C22H24N4O5S2/c1-12(2)17-9-15(10-32-17)19-24-25-22(26(19)3)33-11-18(27)23-16-7-13(20(28)30-4)6-14(8-16)21(29)31-5/h6-10,12H,11H2,1-5H3,(H,23,27). The van der Waals surface area contributed by atoms with E-state index in [0.29, 0.717) is 11.1 Å². The van der Waals surface area contributed by atoms with Gasteiger partial charge in [0.05, 0.1) is 31.1 Å². The fraction of sp³-hybridized carbons (Fsp3) is 0.318. The maximum Gasteiger partial charge on any atom is 0.337 e. The van der Waals surface area contributed by atoms with Gasteiger partial charge in [0.2, 0.25) is 5.91 Å². The number of amides is 1. The Hall–Kier alpha value is -3.18. The molecule has 1 N–H and O–H groups in total. The third-order valence-corrected chi connectivity index (χ3v) is 6.93. The van der Waals surface area contributed by atoms with Crippen molar-refractivity contribution in [2.45, 2.75) is 24.9 Å². The fourth-order valence-electron chi connectivity index (χ4n) is 2.96. The second-order valence-corrected chi connectivity index (χ2v) is 9.26. The third-order valence-electron chi connectivity index (χ3n) is 4.67. The van der Waals surface area contributed by atoms with E-state index < -0.39 is 11.9 Å². The lowest BCUT2D eigenvalue weighted by Gasteiger charge is -2.09. The van der Waals surface area contributed by atoms with Gasteiger partial charge in [0.1, 0.15) is 0 Å². The van der Waals surface area contributed by atoms with Crippen LogP contribution < -0.4 is 5.32 Å². The molecule has 0 saturated heterocycles. The lowest BCUT2D eigenvalue weighted by Crippen LogP contribution is -2.16. The van der Waals surface area contributed by atoms with Crippen LogP contribution in [0.2, 0.25) is 0 Å². The molecule has 0 radical (unpaired) electrons. The molecular formula is C22H24N4O5S2. The van der Waals surface area contributed by atoms with E-state index >= 15 is 0 Å². The Morgan fingerprint density at radius 3 is 2.24 bits per heavy atom. The lowest BCUT2D eigenvalue weighted by molar-refractivity contribution is -0.113. The molecule has 3 aromatic rings. The Morgan fingerprint density at radius 2 is 1.70 bits per heavy atom. The number of anilines is 1. The van der Waals surface area contributed by atoms with Gasteiger partial charge in [0.15, 0.2) is 11.0 Å². The summed E-state index contributed by atoms with van der Waals surface area (Å²) >= 11 is 2.91. The third kappa shape index (κ3) is 5.79. The second-order valence-electron chi connectivity index (χ2n) is 7.38. The van der Waals surface area contributed by atoms with Crippen LogP contribution in [0.3, 0.4) is 0 Å². The maximum absolute atomic E-state index is 12.5. The number of rotatable bonds is 8. The zero-order valence-electron chi connectivity index (χ0n) is 18.9. The van der Waals surface area contributed by atoms with Crippen molar-refractivity contribution in [3.63, 3.8) is 0 Å². The number of thiophene rings is 1. The number of esters is 2. The predicted octanol–water partition coefficient (Wildman–Crippen LogP) is 3.97. The number of ether oxygens (including phenoxy) is 2. The average Bonchev–Trinajstić information content (AvgIpc) is 3.43. The first kappa shape index (κ1) is 24.5. The molecule has 0 saturated carbocycles. The average molecular weight is 489 g/mol. The molecule has 0 fully saturated rings. The van der Waals surface area contributed by atoms with E-state index in [1.54, 1.807) is 11.3 Å². The summed E-state index contributed by atoms with van der Waals surface area (Å²) in [6.45, 7) is 4.28. The number of carbonyl (C=O) groups is 3. The molecule has 33 heavy (non-hydrogen) atoms. The molecule has 0 aliphatic carbocycles. The van der Waals surface area contributed by atoms with Crippen LogP contribution in [0.4, 0.5) is 5.69 Å². The van der Waals surface area contributed by atoms with Crippen LogP contribution in [0.1, 0.15) is 45.4 Å². The fourth-order valence-corrected chi connectivity index (χ4v) is 4.58. The lowest BCUT2D eigenvalue weighted by atomic mass is 10.1. The first-order chi connectivity index (χ1) is 15.7. The van der Waals surface area contributed by atoms with Crippen LogP contribution in [0.25, 0.3) is 11.4 Å². The van der Waals surface area contributed by atoms with Crippen LogP contribution in [-0.4, -0.2) is 52.6 Å². The number of carbonyl (C=O) groups excluding carboxylic acids is 3. The van der Waals surface area contributed by atoms with Gasteiger partial charge in [-0.15, -0.1) is 21.5 Å². The molecule has 9 nitrogen and oxygen atoms in total. The molecule has 174 valence electrons. The number of thioether (sulfide) groups is 1. The first-order valence-corrected chi connectivity index (χ1v) is 11.8. The van der Waals surface area contributed by atoms with Crippen LogP contribution in [0, 0.1) is 0 Å². The summed E-state index contributed by atoms with van der Waals surface area (Å²) in [5, 5.41) is 13.8. The summed E-state index contributed by atoms with van der Waals surface area (Å²) in [5.74, 6) is -0.373. The van der Waals surface area contributed by atoms with Gasteiger partial charge >= 0.3 is 11.9 Å². The van der Waals surface area contributed by atoms with E-state index in [1.807, 2.05) is 17.0 Å². The molecule has 3 rings (SSSR count). The summed E-state index contributed by atoms with van der Waals surface area (Å²) < 4.78 is 11.3. The Kier molecular flexibility index (Phi) is 7.88. The monoisotopic (exact) mass is 488 g/mol. The number of nitrogens with zero attached hydrogens (tertiary/aromatic N) is 3. The zero-order valence-corrected chi connectivity index (χ0v) is 20.5. The molecule has 0 aliphatic heterocycles. The number of nitrogens with one attached hydrogen (secondary N) is 1. The smallest absolute Gasteiger partial charge is 0.337 e. The number of methoxy groups -OCH3 is 2. The van der Waals surface area contributed by atoms with E-state index in [1.165, 1.54) is 49.1 Å². The second kappa shape index (κ2) is 10.6. The highest BCUT2D eigenvalue weighted by molar-refractivity contribution is 7.99. The predicted molar refractivity (Wildman–Crippen MR) is 127 cm³/mol. The molecule has 0 aliphatic rings. The minimum atomic E-state index is -0.633. The van der Waals surface area contributed by atoms with E-state index in [9.17, 15) is 14.4 Å². The van der Waals surface area contributed by atoms with E-state index in [2.05, 4.69) is 35.4 Å². The van der Waals surface area contributed by atoms with Crippen molar-refractivity contribution < 1.29 is 23.9 Å². The summed E-state index contributed by atoms with van der Waals surface area (Å²) in [4.78, 5) is 37.6. The number of hydrogen-bond acceptors (Lipinski definition) is 9. The molecule has 0 spiro atoms.